The fourth-order valence-electron chi connectivity index (χ4n) is 2.20. The van der Waals surface area contributed by atoms with E-state index in [-0.39, 0.29) is 23.6 Å². The lowest BCUT2D eigenvalue weighted by Gasteiger charge is -2.36. The van der Waals surface area contributed by atoms with Gasteiger partial charge in [0.2, 0.25) is 11.8 Å². The zero-order valence-corrected chi connectivity index (χ0v) is 12.4. The molecule has 0 spiro atoms. The van der Waals surface area contributed by atoms with Crippen molar-refractivity contribution in [2.45, 2.75) is 18.2 Å². The lowest BCUT2D eigenvalue weighted by molar-refractivity contribution is -0.145. The molecule has 108 valence electrons. The summed E-state index contributed by atoms with van der Waals surface area (Å²) in [6.07, 6.45) is 1.61. The maximum absolute atomic E-state index is 12.1. The van der Waals surface area contributed by atoms with Crippen LogP contribution in [0.25, 0.3) is 0 Å². The molecule has 2 rings (SSSR count). The van der Waals surface area contributed by atoms with Crippen molar-refractivity contribution in [3.63, 3.8) is 0 Å². The van der Waals surface area contributed by atoms with Crippen LogP contribution in [0.1, 0.15) is 18.5 Å². The van der Waals surface area contributed by atoms with Gasteiger partial charge in [-0.1, -0.05) is 30.3 Å². The fourth-order valence-corrected chi connectivity index (χ4v) is 2.57. The van der Waals surface area contributed by atoms with Gasteiger partial charge in [0.1, 0.15) is 6.04 Å². The van der Waals surface area contributed by atoms with Gasteiger partial charge in [0, 0.05) is 28.9 Å². The SMILES string of the molecule is CC(CN1C(=O)CNC(=O)C1c1ccccc1)S(C)=O. The Labute approximate surface area is 120 Å². The molecular formula is C14H18N2O3S. The van der Waals surface area contributed by atoms with Crippen LogP contribution in [0.3, 0.4) is 0 Å². The number of carbonyl (C=O) groups is 2. The van der Waals surface area contributed by atoms with Crippen LogP contribution in [0.15, 0.2) is 30.3 Å². The Hall–Kier alpha value is -1.69. The van der Waals surface area contributed by atoms with Crippen LogP contribution in [-0.2, 0) is 20.4 Å². The first kappa shape index (κ1) is 14.7. The van der Waals surface area contributed by atoms with E-state index in [2.05, 4.69) is 5.32 Å². The monoisotopic (exact) mass is 294 g/mol. The Bertz CT molecular complexity index is 532. The Kier molecular flexibility index (Phi) is 4.54. The summed E-state index contributed by atoms with van der Waals surface area (Å²) in [6, 6.07) is 8.54. The van der Waals surface area contributed by atoms with Gasteiger partial charge in [-0.2, -0.15) is 0 Å². The third-order valence-electron chi connectivity index (χ3n) is 3.43. The molecule has 5 nitrogen and oxygen atoms in total. The van der Waals surface area contributed by atoms with Gasteiger partial charge in [-0.3, -0.25) is 13.8 Å². The summed E-state index contributed by atoms with van der Waals surface area (Å²) < 4.78 is 11.5. The van der Waals surface area contributed by atoms with Crippen molar-refractivity contribution in [1.82, 2.24) is 10.2 Å². The number of nitrogens with one attached hydrogen (secondary N) is 1. The van der Waals surface area contributed by atoms with Crippen molar-refractivity contribution >= 4 is 22.6 Å². The summed E-state index contributed by atoms with van der Waals surface area (Å²) >= 11 is 0. The third-order valence-corrected chi connectivity index (χ3v) is 4.71. The van der Waals surface area contributed by atoms with E-state index in [1.54, 1.807) is 6.26 Å². The second-order valence-electron chi connectivity index (χ2n) is 4.89. The van der Waals surface area contributed by atoms with Crippen LogP contribution in [0.2, 0.25) is 0 Å². The predicted molar refractivity (Wildman–Crippen MR) is 77.4 cm³/mol. The van der Waals surface area contributed by atoms with E-state index in [0.29, 0.717) is 6.54 Å². The molecule has 1 aromatic carbocycles. The lowest BCUT2D eigenvalue weighted by atomic mass is 10.0. The minimum Gasteiger partial charge on any atom is -0.345 e. The number of nitrogens with zero attached hydrogens (tertiary/aromatic N) is 1. The van der Waals surface area contributed by atoms with Crippen LogP contribution in [0, 0.1) is 0 Å². The maximum Gasteiger partial charge on any atom is 0.247 e. The van der Waals surface area contributed by atoms with Crippen LogP contribution >= 0.6 is 0 Å². The molecule has 0 aliphatic carbocycles. The summed E-state index contributed by atoms with van der Waals surface area (Å²) in [5.74, 6) is -0.333. The first-order valence-corrected chi connectivity index (χ1v) is 8.07. The smallest absolute Gasteiger partial charge is 0.247 e. The van der Waals surface area contributed by atoms with E-state index >= 15 is 0 Å². The normalized spacial score (nSPS) is 22.3. The summed E-state index contributed by atoms with van der Waals surface area (Å²) in [4.78, 5) is 25.7. The highest BCUT2D eigenvalue weighted by Crippen LogP contribution is 2.24. The van der Waals surface area contributed by atoms with Crippen molar-refractivity contribution in [3.8, 4) is 0 Å². The molecule has 0 radical (unpaired) electrons. The minimum absolute atomic E-state index is 0.00519. The summed E-state index contributed by atoms with van der Waals surface area (Å²) in [6.45, 7) is 2.14. The lowest BCUT2D eigenvalue weighted by Crippen LogP contribution is -2.55. The third kappa shape index (κ3) is 3.07. The van der Waals surface area contributed by atoms with Gasteiger partial charge in [0.25, 0.3) is 0 Å². The number of rotatable bonds is 4. The Morgan fingerprint density at radius 1 is 1.35 bits per heavy atom. The zero-order chi connectivity index (χ0) is 14.7. The van der Waals surface area contributed by atoms with Gasteiger partial charge in [-0.25, -0.2) is 0 Å². The van der Waals surface area contributed by atoms with E-state index in [0.717, 1.165) is 5.56 Å². The van der Waals surface area contributed by atoms with Crippen LogP contribution in [0.4, 0.5) is 0 Å². The van der Waals surface area contributed by atoms with Gasteiger partial charge >= 0.3 is 0 Å². The van der Waals surface area contributed by atoms with E-state index in [4.69, 9.17) is 0 Å². The van der Waals surface area contributed by atoms with Gasteiger partial charge in [0.05, 0.1) is 6.54 Å². The molecule has 3 atom stereocenters. The summed E-state index contributed by atoms with van der Waals surface area (Å²) in [7, 11) is -1.04. The average Bonchev–Trinajstić information content (AvgIpc) is 2.43. The number of carbonyl (C=O) groups excluding carboxylic acids is 2. The zero-order valence-electron chi connectivity index (χ0n) is 11.5. The van der Waals surface area contributed by atoms with Crippen LogP contribution < -0.4 is 5.32 Å². The van der Waals surface area contributed by atoms with Crippen molar-refractivity contribution in [3.05, 3.63) is 35.9 Å². The van der Waals surface area contributed by atoms with Crippen molar-refractivity contribution in [1.29, 1.82) is 0 Å². The summed E-state index contributed by atoms with van der Waals surface area (Å²) in [5.41, 5.74) is 0.770. The molecule has 1 aliphatic heterocycles. The molecule has 3 unspecified atom stereocenters. The minimum atomic E-state index is -1.04. The van der Waals surface area contributed by atoms with Crippen LogP contribution in [-0.4, -0.2) is 45.5 Å². The van der Waals surface area contributed by atoms with Crippen molar-refractivity contribution in [2.24, 2.45) is 0 Å². The van der Waals surface area contributed by atoms with E-state index < -0.39 is 16.8 Å². The number of amides is 2. The predicted octanol–water partition coefficient (Wildman–Crippen LogP) is 0.453. The molecule has 1 aromatic rings. The molecule has 1 fully saturated rings. The Balaban J connectivity index is 2.30. The van der Waals surface area contributed by atoms with E-state index in [1.807, 2.05) is 37.3 Å². The quantitative estimate of drug-likeness (QED) is 0.877. The molecule has 0 aromatic heterocycles. The van der Waals surface area contributed by atoms with Crippen molar-refractivity contribution in [2.75, 3.05) is 19.3 Å². The largest absolute Gasteiger partial charge is 0.345 e. The Morgan fingerprint density at radius 2 is 2.00 bits per heavy atom. The maximum atomic E-state index is 12.1. The fraction of sp³-hybridized carbons (Fsp3) is 0.429. The number of hydrogen-bond acceptors (Lipinski definition) is 3. The molecule has 1 heterocycles. The molecule has 0 saturated carbocycles. The highest BCUT2D eigenvalue weighted by Gasteiger charge is 2.36. The second-order valence-corrected chi connectivity index (χ2v) is 6.69. The van der Waals surface area contributed by atoms with E-state index in [1.165, 1.54) is 4.90 Å². The highest BCUT2D eigenvalue weighted by atomic mass is 32.2. The number of piperazine rings is 1. The molecule has 20 heavy (non-hydrogen) atoms. The molecule has 0 bridgehead atoms. The molecule has 1 aliphatic rings. The van der Waals surface area contributed by atoms with Gasteiger partial charge in [-0.15, -0.1) is 0 Å². The Morgan fingerprint density at radius 3 is 2.60 bits per heavy atom. The number of hydrogen-bond donors (Lipinski definition) is 1. The molecular weight excluding hydrogens is 276 g/mol. The molecule has 2 amide bonds. The first-order valence-electron chi connectivity index (χ1n) is 6.45. The first-order chi connectivity index (χ1) is 9.50. The highest BCUT2D eigenvalue weighted by molar-refractivity contribution is 7.84. The van der Waals surface area contributed by atoms with Gasteiger partial charge in [0.15, 0.2) is 0 Å². The average molecular weight is 294 g/mol. The second kappa shape index (κ2) is 6.17. The molecule has 1 N–H and O–H groups in total. The molecule has 1 saturated heterocycles. The van der Waals surface area contributed by atoms with Gasteiger partial charge < -0.3 is 10.2 Å². The van der Waals surface area contributed by atoms with Gasteiger partial charge in [-0.05, 0) is 12.5 Å². The topological polar surface area (TPSA) is 66.5 Å². The standard InChI is InChI=1S/C14H18N2O3S/c1-10(20(2)19)9-16-12(17)8-15-14(18)13(16)11-6-4-3-5-7-11/h3-7,10,13H,8-9H2,1-2H3,(H,15,18). The summed E-state index contributed by atoms with van der Waals surface area (Å²) in [5, 5.41) is 2.44. The molecule has 6 heteroatoms. The number of benzene rings is 1. The van der Waals surface area contributed by atoms with Crippen LogP contribution in [0.5, 0.6) is 0 Å². The van der Waals surface area contributed by atoms with E-state index in [9.17, 15) is 13.8 Å². The van der Waals surface area contributed by atoms with Crippen molar-refractivity contribution < 1.29 is 13.8 Å².